The minimum absolute atomic E-state index is 0.0525. The Morgan fingerprint density at radius 1 is 0.676 bits per heavy atom. The zero-order chi connectivity index (χ0) is 24.2. The zero-order valence-electron chi connectivity index (χ0n) is 17.9. The smallest absolute Gasteiger partial charge is 0.277 e. The van der Waals surface area contributed by atoms with Gasteiger partial charge in [0.1, 0.15) is 23.0 Å². The quantitative estimate of drug-likeness (QED) is 0.269. The number of ether oxygens (including phenoxy) is 2. The van der Waals surface area contributed by atoms with Crippen LogP contribution in [0.2, 0.25) is 0 Å². The lowest BCUT2D eigenvalue weighted by atomic mass is 10.2. The van der Waals surface area contributed by atoms with Crippen LogP contribution in [0.25, 0.3) is 0 Å². The van der Waals surface area contributed by atoms with Crippen LogP contribution in [0.5, 0.6) is 23.0 Å². The van der Waals surface area contributed by atoms with E-state index < -0.39 is 11.8 Å². The van der Waals surface area contributed by atoms with Crippen molar-refractivity contribution >= 4 is 24.2 Å². The molecule has 10 heteroatoms. The highest BCUT2D eigenvalue weighted by atomic mass is 16.5. The number of carbonyl (C=O) groups is 2. The molecule has 34 heavy (non-hydrogen) atoms. The van der Waals surface area contributed by atoms with Gasteiger partial charge in [-0.1, -0.05) is 24.3 Å². The third kappa shape index (κ3) is 7.68. The fraction of sp³-hybridized carbons (Fsp3) is 0.0833. The molecular weight excluding hydrogens is 440 g/mol. The molecule has 0 heterocycles. The number of hydrogen-bond acceptors (Lipinski definition) is 8. The van der Waals surface area contributed by atoms with Gasteiger partial charge in [0, 0.05) is 11.1 Å². The van der Waals surface area contributed by atoms with Crippen molar-refractivity contribution in [3.63, 3.8) is 0 Å². The Morgan fingerprint density at radius 3 is 1.44 bits per heavy atom. The van der Waals surface area contributed by atoms with Crippen LogP contribution in [-0.4, -0.2) is 47.7 Å². The first kappa shape index (κ1) is 23.8. The molecule has 3 aromatic carbocycles. The Bertz CT molecular complexity index is 1090. The first-order chi connectivity index (χ1) is 16.5. The summed E-state index contributed by atoms with van der Waals surface area (Å²) in [7, 11) is 0. The van der Waals surface area contributed by atoms with Crippen LogP contribution >= 0.6 is 0 Å². The average Bonchev–Trinajstić information content (AvgIpc) is 2.84. The Balaban J connectivity index is 1.36. The van der Waals surface area contributed by atoms with Crippen molar-refractivity contribution in [1.29, 1.82) is 0 Å². The number of hydrazone groups is 2. The molecule has 3 rings (SSSR count). The Hall–Kier alpha value is -4.86. The fourth-order valence-electron chi connectivity index (χ4n) is 2.54. The summed E-state index contributed by atoms with van der Waals surface area (Å²) in [6, 6.07) is 19.5. The highest BCUT2D eigenvalue weighted by molar-refractivity contribution is 5.86. The van der Waals surface area contributed by atoms with Crippen LogP contribution in [0, 0.1) is 0 Å². The van der Waals surface area contributed by atoms with Gasteiger partial charge in [-0.2, -0.15) is 10.2 Å². The van der Waals surface area contributed by atoms with Gasteiger partial charge in [-0.05, 0) is 48.5 Å². The van der Waals surface area contributed by atoms with E-state index in [0.717, 1.165) is 0 Å². The maximum Gasteiger partial charge on any atom is 0.277 e. The van der Waals surface area contributed by atoms with Crippen molar-refractivity contribution in [1.82, 2.24) is 10.9 Å². The van der Waals surface area contributed by atoms with Gasteiger partial charge in [0.2, 0.25) is 0 Å². The minimum Gasteiger partial charge on any atom is -0.507 e. The molecule has 10 nitrogen and oxygen atoms in total. The number of phenolic OH excluding ortho intramolecular Hbond substituents is 2. The summed E-state index contributed by atoms with van der Waals surface area (Å²) in [6.45, 7) is -0.536. The lowest BCUT2D eigenvalue weighted by Crippen LogP contribution is -2.25. The van der Waals surface area contributed by atoms with Crippen molar-refractivity contribution in [2.75, 3.05) is 13.2 Å². The molecule has 174 valence electrons. The lowest BCUT2D eigenvalue weighted by molar-refractivity contribution is -0.123. The summed E-state index contributed by atoms with van der Waals surface area (Å²) in [5, 5.41) is 26.8. The summed E-state index contributed by atoms with van der Waals surface area (Å²) >= 11 is 0. The highest BCUT2D eigenvalue weighted by Crippen LogP contribution is 2.17. The number of rotatable bonds is 10. The molecule has 0 spiro atoms. The summed E-state index contributed by atoms with van der Waals surface area (Å²) in [5.41, 5.74) is 5.54. The summed E-state index contributed by atoms with van der Waals surface area (Å²) < 4.78 is 10.7. The van der Waals surface area contributed by atoms with Crippen LogP contribution in [0.1, 0.15) is 11.1 Å². The van der Waals surface area contributed by atoms with E-state index in [9.17, 15) is 19.8 Å². The van der Waals surface area contributed by atoms with E-state index in [-0.39, 0.29) is 24.7 Å². The Morgan fingerprint density at radius 2 is 1.06 bits per heavy atom. The number of nitrogens with zero attached hydrogens (tertiary/aromatic N) is 2. The Kier molecular flexibility index (Phi) is 8.57. The zero-order valence-corrected chi connectivity index (χ0v) is 17.9. The minimum atomic E-state index is -0.479. The molecule has 0 aliphatic rings. The number of hydrogen-bond donors (Lipinski definition) is 4. The van der Waals surface area contributed by atoms with Gasteiger partial charge in [-0.25, -0.2) is 10.9 Å². The van der Waals surface area contributed by atoms with Gasteiger partial charge in [-0.3, -0.25) is 9.59 Å². The largest absolute Gasteiger partial charge is 0.507 e. The molecule has 0 atom stereocenters. The van der Waals surface area contributed by atoms with Crippen LogP contribution in [0.3, 0.4) is 0 Å². The van der Waals surface area contributed by atoms with Crippen molar-refractivity contribution in [3.8, 4) is 23.0 Å². The van der Waals surface area contributed by atoms with Crippen LogP contribution in [-0.2, 0) is 9.59 Å². The second-order valence-electron chi connectivity index (χ2n) is 6.75. The molecule has 0 bridgehead atoms. The molecule has 0 aromatic heterocycles. The van der Waals surface area contributed by atoms with Crippen molar-refractivity contribution < 1.29 is 29.3 Å². The molecule has 4 N–H and O–H groups in total. The van der Waals surface area contributed by atoms with Crippen molar-refractivity contribution in [2.24, 2.45) is 10.2 Å². The molecule has 2 amide bonds. The number of aromatic hydroxyl groups is 2. The third-order valence-corrected chi connectivity index (χ3v) is 4.22. The fourth-order valence-corrected chi connectivity index (χ4v) is 2.54. The molecule has 0 aliphatic heterocycles. The normalized spacial score (nSPS) is 10.8. The first-order valence-electron chi connectivity index (χ1n) is 10.1. The molecule has 0 saturated heterocycles. The third-order valence-electron chi connectivity index (χ3n) is 4.22. The Labute approximate surface area is 195 Å². The molecule has 0 unspecified atom stereocenters. The predicted molar refractivity (Wildman–Crippen MR) is 125 cm³/mol. The average molecular weight is 462 g/mol. The van der Waals surface area contributed by atoms with E-state index in [4.69, 9.17) is 9.47 Å². The molecular formula is C24H22N4O6. The summed E-state index contributed by atoms with van der Waals surface area (Å²) in [6.07, 6.45) is 2.65. The number of nitrogens with one attached hydrogen (secondary N) is 2. The number of para-hydroxylation sites is 2. The number of phenols is 2. The number of benzene rings is 3. The van der Waals surface area contributed by atoms with Crippen molar-refractivity contribution in [3.05, 3.63) is 83.9 Å². The molecule has 0 fully saturated rings. The van der Waals surface area contributed by atoms with E-state index in [2.05, 4.69) is 21.1 Å². The van der Waals surface area contributed by atoms with Crippen molar-refractivity contribution in [2.45, 2.75) is 0 Å². The summed E-state index contributed by atoms with van der Waals surface area (Å²) in [4.78, 5) is 23.6. The van der Waals surface area contributed by atoms with Gasteiger partial charge in [0.05, 0.1) is 12.4 Å². The van der Waals surface area contributed by atoms with Crippen LogP contribution < -0.4 is 20.3 Å². The molecule has 3 aromatic rings. The standard InChI is InChI=1S/C24H22N4O6/c29-21-7-3-1-5-17(21)13-25-27-23(31)15-33-19-9-11-20(12-10-19)34-16-24(32)28-26-14-18-6-2-4-8-22(18)30/h1-14,29-30H,15-16H2,(H,27,31)(H,28,32)/b25-13-,26-14-. The van der Waals surface area contributed by atoms with Gasteiger partial charge in [0.15, 0.2) is 13.2 Å². The summed E-state index contributed by atoms with van der Waals surface area (Å²) in [5.74, 6) is -0.0117. The van der Waals surface area contributed by atoms with Gasteiger partial charge in [-0.15, -0.1) is 0 Å². The maximum absolute atomic E-state index is 11.8. The van der Waals surface area contributed by atoms with Crippen LogP contribution in [0.15, 0.2) is 83.0 Å². The first-order valence-corrected chi connectivity index (χ1v) is 10.1. The predicted octanol–water partition coefficient (Wildman–Crippen LogP) is 2.16. The SMILES string of the molecule is O=C(COc1ccc(OCC(=O)N/N=C\c2ccccc2O)cc1)N/N=C\c1ccccc1O. The monoisotopic (exact) mass is 462 g/mol. The maximum atomic E-state index is 11.8. The molecule has 0 radical (unpaired) electrons. The van der Waals surface area contributed by atoms with E-state index in [1.807, 2.05) is 0 Å². The number of amides is 2. The highest BCUT2D eigenvalue weighted by Gasteiger charge is 2.05. The molecule has 0 saturated carbocycles. The van der Waals surface area contributed by atoms with Crippen LogP contribution in [0.4, 0.5) is 0 Å². The second-order valence-corrected chi connectivity index (χ2v) is 6.75. The van der Waals surface area contributed by atoms with Gasteiger partial charge >= 0.3 is 0 Å². The van der Waals surface area contributed by atoms with Gasteiger partial charge < -0.3 is 19.7 Å². The van der Waals surface area contributed by atoms with E-state index in [0.29, 0.717) is 22.6 Å². The van der Waals surface area contributed by atoms with E-state index in [1.165, 1.54) is 24.6 Å². The molecule has 0 aliphatic carbocycles. The number of carbonyl (C=O) groups excluding carboxylic acids is 2. The van der Waals surface area contributed by atoms with Gasteiger partial charge in [0.25, 0.3) is 11.8 Å². The van der Waals surface area contributed by atoms with E-state index >= 15 is 0 Å². The lowest BCUT2D eigenvalue weighted by Gasteiger charge is -2.08. The van der Waals surface area contributed by atoms with E-state index in [1.54, 1.807) is 60.7 Å². The second kappa shape index (κ2) is 12.2. The topological polar surface area (TPSA) is 142 Å².